The largest absolute Gasteiger partial charge is 0.466 e. The Bertz CT molecular complexity index is 290. The number of hydrogen-bond donors (Lipinski definition) is 1. The molecule has 0 aromatic heterocycles. The van der Waals surface area contributed by atoms with Crippen LogP contribution in [0.5, 0.6) is 0 Å². The van der Waals surface area contributed by atoms with E-state index in [1.54, 1.807) is 0 Å². The summed E-state index contributed by atoms with van der Waals surface area (Å²) < 4.78 is 9.02. The Hall–Kier alpha value is -1.62. The van der Waals surface area contributed by atoms with Crippen molar-refractivity contribution in [3.8, 4) is 0 Å². The molecule has 0 aliphatic carbocycles. The highest BCUT2D eigenvalue weighted by molar-refractivity contribution is 5.95. The maximum absolute atomic E-state index is 11.1. The molecule has 0 radical (unpaired) electrons. The molecule has 84 valence electrons. The monoisotopic (exact) mass is 214 g/mol. The van der Waals surface area contributed by atoms with Crippen LogP contribution in [-0.4, -0.2) is 37.4 Å². The smallest absolute Gasteiger partial charge is 0.337 e. The average Bonchev–Trinajstić information content (AvgIpc) is 2.24. The Kier molecular flexibility index (Phi) is 6.05. The van der Waals surface area contributed by atoms with Crippen LogP contribution in [0.3, 0.4) is 0 Å². The summed E-state index contributed by atoms with van der Waals surface area (Å²) in [6.45, 7) is 4.57. The van der Waals surface area contributed by atoms with Gasteiger partial charge >= 0.3 is 11.9 Å². The minimum Gasteiger partial charge on any atom is -0.466 e. The van der Waals surface area contributed by atoms with Crippen molar-refractivity contribution in [3.63, 3.8) is 0 Å². The van der Waals surface area contributed by atoms with Gasteiger partial charge in [0.2, 0.25) is 0 Å². The van der Waals surface area contributed by atoms with Crippen molar-refractivity contribution in [2.45, 2.75) is 6.92 Å². The lowest BCUT2D eigenvalue weighted by Crippen LogP contribution is -2.10. The van der Waals surface area contributed by atoms with Crippen LogP contribution >= 0.6 is 0 Å². The third-order valence-electron chi connectivity index (χ3n) is 1.48. The predicted molar refractivity (Wildman–Crippen MR) is 53.0 cm³/mol. The van der Waals surface area contributed by atoms with Crippen LogP contribution < -0.4 is 0 Å². The Morgan fingerprint density at radius 1 is 1.40 bits per heavy atom. The van der Waals surface area contributed by atoms with Gasteiger partial charge in [-0.15, -0.1) is 0 Å². The molecule has 0 aliphatic heterocycles. The number of methoxy groups -OCH3 is 1. The molecule has 0 saturated heterocycles. The van der Waals surface area contributed by atoms with Crippen LogP contribution in [0.15, 0.2) is 23.8 Å². The fraction of sp³-hybridized carbons (Fsp3) is 0.400. The van der Waals surface area contributed by atoms with Gasteiger partial charge in [-0.05, 0) is 13.0 Å². The molecule has 0 bridgehead atoms. The summed E-state index contributed by atoms with van der Waals surface area (Å²) in [4.78, 5) is 22.1. The van der Waals surface area contributed by atoms with Crippen molar-refractivity contribution in [3.05, 3.63) is 23.8 Å². The third kappa shape index (κ3) is 4.97. The molecule has 0 aromatic rings. The zero-order chi connectivity index (χ0) is 11.8. The number of aliphatic hydroxyl groups excluding tert-OH is 1. The first-order valence-electron chi connectivity index (χ1n) is 4.26. The van der Waals surface area contributed by atoms with Crippen LogP contribution in [-0.2, 0) is 19.1 Å². The molecule has 0 spiro atoms. The zero-order valence-corrected chi connectivity index (χ0v) is 8.78. The quantitative estimate of drug-likeness (QED) is 0.402. The first-order chi connectivity index (χ1) is 7.02. The van der Waals surface area contributed by atoms with Gasteiger partial charge in [-0.2, -0.15) is 0 Å². The van der Waals surface area contributed by atoms with Crippen molar-refractivity contribution >= 4 is 11.9 Å². The molecule has 0 fully saturated rings. The van der Waals surface area contributed by atoms with E-state index in [2.05, 4.69) is 16.1 Å². The Labute approximate surface area is 88.0 Å². The number of aliphatic hydroxyl groups is 1. The lowest BCUT2D eigenvalue weighted by Gasteiger charge is -2.03. The highest BCUT2D eigenvalue weighted by Crippen LogP contribution is 2.04. The van der Waals surface area contributed by atoms with Gasteiger partial charge in [0.1, 0.15) is 6.61 Å². The van der Waals surface area contributed by atoms with E-state index in [9.17, 15) is 9.59 Å². The minimum atomic E-state index is -0.674. The van der Waals surface area contributed by atoms with Crippen molar-refractivity contribution in [1.29, 1.82) is 0 Å². The second-order valence-electron chi connectivity index (χ2n) is 2.70. The normalized spacial score (nSPS) is 10.7. The van der Waals surface area contributed by atoms with Gasteiger partial charge in [0.15, 0.2) is 0 Å². The molecule has 0 rings (SSSR count). The first-order valence-corrected chi connectivity index (χ1v) is 4.26. The molecule has 15 heavy (non-hydrogen) atoms. The summed E-state index contributed by atoms with van der Waals surface area (Å²) in [6, 6.07) is 0. The van der Waals surface area contributed by atoms with Crippen molar-refractivity contribution in [2.75, 3.05) is 20.3 Å². The van der Waals surface area contributed by atoms with Gasteiger partial charge in [-0.25, -0.2) is 9.59 Å². The van der Waals surface area contributed by atoms with Crippen molar-refractivity contribution < 1.29 is 24.2 Å². The maximum Gasteiger partial charge on any atom is 0.337 e. The summed E-state index contributed by atoms with van der Waals surface area (Å²) >= 11 is 0. The van der Waals surface area contributed by atoms with E-state index in [4.69, 9.17) is 5.11 Å². The van der Waals surface area contributed by atoms with E-state index >= 15 is 0 Å². The zero-order valence-electron chi connectivity index (χ0n) is 8.78. The van der Waals surface area contributed by atoms with Gasteiger partial charge in [0.05, 0.1) is 19.3 Å². The van der Waals surface area contributed by atoms with Crippen molar-refractivity contribution in [1.82, 2.24) is 0 Å². The van der Waals surface area contributed by atoms with E-state index in [1.807, 2.05) is 0 Å². The number of carbonyl (C=O) groups is 2. The molecule has 0 unspecified atom stereocenters. The first kappa shape index (κ1) is 13.4. The second kappa shape index (κ2) is 6.78. The predicted octanol–water partition coefficient (Wildman–Crippen LogP) is 0.197. The van der Waals surface area contributed by atoms with E-state index < -0.39 is 11.9 Å². The molecule has 0 heterocycles. The summed E-state index contributed by atoms with van der Waals surface area (Å²) in [5, 5.41) is 8.41. The molecular weight excluding hydrogens is 200 g/mol. The molecule has 5 nitrogen and oxygen atoms in total. The number of carbonyl (C=O) groups excluding carboxylic acids is 2. The Balaban J connectivity index is 4.34. The van der Waals surface area contributed by atoms with Crippen LogP contribution in [0.4, 0.5) is 0 Å². The molecule has 0 aromatic carbocycles. The van der Waals surface area contributed by atoms with Gasteiger partial charge in [0, 0.05) is 5.57 Å². The van der Waals surface area contributed by atoms with Gasteiger partial charge in [-0.1, -0.05) is 6.58 Å². The van der Waals surface area contributed by atoms with E-state index in [-0.39, 0.29) is 24.4 Å². The summed E-state index contributed by atoms with van der Waals surface area (Å²) in [5.74, 6) is -1.21. The lowest BCUT2D eigenvalue weighted by molar-refractivity contribution is -0.139. The molecular formula is C10H14O5. The van der Waals surface area contributed by atoms with Gasteiger partial charge in [-0.3, -0.25) is 0 Å². The SMILES string of the molecule is C=C(/C=C(\C)C(=O)OC)C(=O)OCCO. The minimum absolute atomic E-state index is 0.0337. The maximum atomic E-state index is 11.1. The summed E-state index contributed by atoms with van der Waals surface area (Å²) in [7, 11) is 1.24. The standard InChI is InChI=1S/C10H14O5/c1-7(9(12)14-3)6-8(2)10(13)15-5-4-11/h6,11H,2,4-5H2,1,3H3/b7-6+. The molecule has 0 aliphatic rings. The van der Waals surface area contributed by atoms with Crippen LogP contribution in [0, 0.1) is 0 Å². The van der Waals surface area contributed by atoms with Crippen LogP contribution in [0.25, 0.3) is 0 Å². The number of esters is 2. The van der Waals surface area contributed by atoms with E-state index in [1.165, 1.54) is 20.1 Å². The molecule has 1 N–H and O–H groups in total. The van der Waals surface area contributed by atoms with E-state index in [0.29, 0.717) is 0 Å². The highest BCUT2D eigenvalue weighted by atomic mass is 16.5. The third-order valence-corrected chi connectivity index (χ3v) is 1.48. The highest BCUT2D eigenvalue weighted by Gasteiger charge is 2.09. The number of rotatable bonds is 5. The fourth-order valence-electron chi connectivity index (χ4n) is 0.771. The molecule has 0 saturated carbocycles. The second-order valence-corrected chi connectivity index (χ2v) is 2.70. The van der Waals surface area contributed by atoms with Crippen LogP contribution in [0.1, 0.15) is 6.92 Å². The Morgan fingerprint density at radius 2 is 2.00 bits per heavy atom. The summed E-state index contributed by atoms with van der Waals surface area (Å²) in [5.41, 5.74) is 0.287. The molecule has 5 heteroatoms. The summed E-state index contributed by atoms with van der Waals surface area (Å²) in [6.07, 6.45) is 1.27. The number of hydrogen-bond acceptors (Lipinski definition) is 5. The van der Waals surface area contributed by atoms with Gasteiger partial charge in [0.25, 0.3) is 0 Å². The fourth-order valence-corrected chi connectivity index (χ4v) is 0.771. The molecule has 0 amide bonds. The lowest BCUT2D eigenvalue weighted by atomic mass is 10.2. The van der Waals surface area contributed by atoms with Gasteiger partial charge < -0.3 is 14.6 Å². The average molecular weight is 214 g/mol. The van der Waals surface area contributed by atoms with Crippen molar-refractivity contribution in [2.24, 2.45) is 0 Å². The Morgan fingerprint density at radius 3 is 2.47 bits per heavy atom. The van der Waals surface area contributed by atoms with E-state index in [0.717, 1.165) is 0 Å². The van der Waals surface area contributed by atoms with Crippen LogP contribution in [0.2, 0.25) is 0 Å². The topological polar surface area (TPSA) is 72.8 Å². The number of ether oxygens (including phenoxy) is 2. The molecule has 0 atom stereocenters.